The van der Waals surface area contributed by atoms with Crippen LogP contribution < -0.4 is 27.4 Å². The second-order valence-electron chi connectivity index (χ2n) is 8.20. The van der Waals surface area contributed by atoms with Crippen LogP contribution in [0.5, 0.6) is 0 Å². The summed E-state index contributed by atoms with van der Waals surface area (Å²) in [6, 6.07) is 2.05. The van der Waals surface area contributed by atoms with Crippen LogP contribution in [0.15, 0.2) is 30.5 Å². The van der Waals surface area contributed by atoms with Gasteiger partial charge in [-0.3, -0.25) is 19.2 Å². The maximum absolute atomic E-state index is 13.0. The average molecular weight is 491 g/mol. The minimum Gasteiger partial charge on any atom is -0.480 e. The van der Waals surface area contributed by atoms with E-state index in [9.17, 15) is 29.1 Å². The number of hydrogen-bond acceptors (Lipinski definition) is 7. The Balaban J connectivity index is 2.20. The van der Waals surface area contributed by atoms with Gasteiger partial charge >= 0.3 is 5.97 Å². The number of H-pyrrole nitrogens is 1. The molecule has 2 rings (SSSR count). The number of nitrogens with two attached hydrogens (primary N) is 2. The number of aliphatic hydroxyl groups excluding tert-OH is 1. The minimum atomic E-state index is -1.57. The Labute approximate surface area is 200 Å². The zero-order valence-electron chi connectivity index (χ0n) is 19.3. The molecule has 0 radical (unpaired) electrons. The standard InChI is InChI=1S/C22H30N6O7/c1-10(19(31)28-18(11(2)29)22(34)35)26-21(33)16(27-20(32)14(23)8-17(24)30)7-12-9-25-15-6-4-3-5-13(12)15/h3-6,9-11,14,16,18,25,29H,7-8,23H2,1-2H3,(H2,24,30)(H,26,33)(H,27,32)(H,28,31)(H,34,35). The number of aliphatic carboxylic acids is 1. The number of nitrogens with one attached hydrogen (secondary N) is 4. The van der Waals surface area contributed by atoms with Gasteiger partial charge in [-0.25, -0.2) is 4.79 Å². The molecule has 5 unspecified atom stereocenters. The van der Waals surface area contributed by atoms with Gasteiger partial charge in [-0.2, -0.15) is 0 Å². The third kappa shape index (κ3) is 7.52. The van der Waals surface area contributed by atoms with Gasteiger partial charge in [0.25, 0.3) is 0 Å². The summed E-state index contributed by atoms with van der Waals surface area (Å²) >= 11 is 0. The van der Waals surface area contributed by atoms with E-state index >= 15 is 0 Å². The van der Waals surface area contributed by atoms with Crippen molar-refractivity contribution in [3.8, 4) is 0 Å². The Kier molecular flexibility index (Phi) is 9.31. The van der Waals surface area contributed by atoms with Crippen LogP contribution in [-0.4, -0.2) is 75.1 Å². The second kappa shape index (κ2) is 11.9. The first kappa shape index (κ1) is 27.3. The Bertz CT molecular complexity index is 1100. The number of carbonyl (C=O) groups excluding carboxylic acids is 4. The first-order chi connectivity index (χ1) is 16.4. The number of primary amides is 1. The topological polar surface area (TPSA) is 230 Å². The maximum atomic E-state index is 13.0. The number of hydrogen-bond donors (Lipinski definition) is 8. The van der Waals surface area contributed by atoms with Gasteiger partial charge in [0.1, 0.15) is 12.1 Å². The van der Waals surface area contributed by atoms with E-state index in [1.807, 2.05) is 24.3 Å². The summed E-state index contributed by atoms with van der Waals surface area (Å²) in [6.07, 6.45) is -0.108. The highest BCUT2D eigenvalue weighted by atomic mass is 16.4. The molecule has 1 aromatic heterocycles. The predicted molar refractivity (Wildman–Crippen MR) is 125 cm³/mol. The van der Waals surface area contributed by atoms with Crippen molar-refractivity contribution in [1.82, 2.24) is 20.9 Å². The molecule has 0 spiro atoms. The zero-order valence-corrected chi connectivity index (χ0v) is 19.3. The lowest BCUT2D eigenvalue weighted by Gasteiger charge is -2.24. The summed E-state index contributed by atoms with van der Waals surface area (Å²) in [5.41, 5.74) is 12.3. The van der Waals surface area contributed by atoms with Crippen LogP contribution in [-0.2, 0) is 30.4 Å². The SMILES string of the molecule is CC(NC(=O)C(Cc1c[nH]c2ccccc12)NC(=O)C(N)CC(N)=O)C(=O)NC(C(=O)O)C(C)O. The number of rotatable bonds is 12. The van der Waals surface area contributed by atoms with E-state index in [0.29, 0.717) is 5.56 Å². The summed E-state index contributed by atoms with van der Waals surface area (Å²) in [7, 11) is 0. The smallest absolute Gasteiger partial charge is 0.328 e. The molecule has 0 fully saturated rings. The summed E-state index contributed by atoms with van der Waals surface area (Å²) < 4.78 is 0. The van der Waals surface area contributed by atoms with Gasteiger partial charge in [0.05, 0.1) is 18.6 Å². The van der Waals surface area contributed by atoms with Crippen LogP contribution >= 0.6 is 0 Å². The number of carbonyl (C=O) groups is 5. The molecule has 1 heterocycles. The quantitative estimate of drug-likeness (QED) is 0.163. The van der Waals surface area contributed by atoms with Gasteiger partial charge in [-0.05, 0) is 25.5 Å². The number of amides is 4. The Hall–Kier alpha value is -3.97. The van der Waals surface area contributed by atoms with E-state index in [1.54, 1.807) is 6.20 Å². The molecule has 0 bridgehead atoms. The highest BCUT2D eigenvalue weighted by Gasteiger charge is 2.30. The van der Waals surface area contributed by atoms with Crippen molar-refractivity contribution < 1.29 is 34.2 Å². The normalized spacial score (nSPS) is 15.3. The van der Waals surface area contributed by atoms with E-state index in [1.165, 1.54) is 13.8 Å². The second-order valence-corrected chi connectivity index (χ2v) is 8.20. The molecule has 10 N–H and O–H groups in total. The van der Waals surface area contributed by atoms with Crippen LogP contribution in [0.4, 0.5) is 0 Å². The zero-order chi connectivity index (χ0) is 26.3. The molecule has 0 aliphatic heterocycles. The molecule has 13 heteroatoms. The largest absolute Gasteiger partial charge is 0.480 e. The molecule has 0 saturated carbocycles. The summed E-state index contributed by atoms with van der Waals surface area (Å²) in [5.74, 6) is -4.63. The number of benzene rings is 1. The molecule has 13 nitrogen and oxygen atoms in total. The molecule has 5 atom stereocenters. The third-order valence-corrected chi connectivity index (χ3v) is 5.29. The maximum Gasteiger partial charge on any atom is 0.328 e. The van der Waals surface area contributed by atoms with Crippen LogP contribution in [0.1, 0.15) is 25.8 Å². The first-order valence-electron chi connectivity index (χ1n) is 10.8. The van der Waals surface area contributed by atoms with Gasteiger partial charge in [-0.1, -0.05) is 18.2 Å². The van der Waals surface area contributed by atoms with Crippen LogP contribution in [0.3, 0.4) is 0 Å². The van der Waals surface area contributed by atoms with E-state index < -0.39 is 66.3 Å². The fourth-order valence-corrected chi connectivity index (χ4v) is 3.36. The molecule has 1 aromatic carbocycles. The molecule has 0 saturated heterocycles. The van der Waals surface area contributed by atoms with E-state index in [4.69, 9.17) is 16.6 Å². The van der Waals surface area contributed by atoms with Crippen molar-refractivity contribution >= 4 is 40.5 Å². The lowest BCUT2D eigenvalue weighted by molar-refractivity contribution is -0.145. The Morgan fingerprint density at radius 2 is 1.66 bits per heavy atom. The van der Waals surface area contributed by atoms with Crippen molar-refractivity contribution in [2.45, 2.75) is 57.0 Å². The highest BCUT2D eigenvalue weighted by molar-refractivity contribution is 5.95. The molecular weight excluding hydrogens is 460 g/mol. The lowest BCUT2D eigenvalue weighted by Crippen LogP contribution is -2.58. The van der Waals surface area contributed by atoms with Crippen molar-refractivity contribution in [2.24, 2.45) is 11.5 Å². The number of carboxylic acid groups (broad SMARTS) is 1. The van der Waals surface area contributed by atoms with Gasteiger partial charge in [0, 0.05) is 23.5 Å². The Morgan fingerprint density at radius 1 is 1.00 bits per heavy atom. The number of para-hydroxylation sites is 1. The first-order valence-corrected chi connectivity index (χ1v) is 10.8. The lowest BCUT2D eigenvalue weighted by atomic mass is 10.0. The highest BCUT2D eigenvalue weighted by Crippen LogP contribution is 2.19. The fraction of sp³-hybridized carbons (Fsp3) is 0.409. The van der Waals surface area contributed by atoms with Crippen LogP contribution in [0.25, 0.3) is 10.9 Å². The van der Waals surface area contributed by atoms with Crippen molar-refractivity contribution in [3.63, 3.8) is 0 Å². The third-order valence-electron chi connectivity index (χ3n) is 5.29. The van der Waals surface area contributed by atoms with Crippen LogP contribution in [0.2, 0.25) is 0 Å². The number of aliphatic hydroxyl groups is 1. The summed E-state index contributed by atoms with van der Waals surface area (Å²) in [4.78, 5) is 63.3. The molecule has 2 aromatic rings. The Morgan fingerprint density at radius 3 is 2.26 bits per heavy atom. The van der Waals surface area contributed by atoms with Gasteiger partial charge in [0.2, 0.25) is 23.6 Å². The molecule has 0 aliphatic rings. The minimum absolute atomic E-state index is 0.0185. The van der Waals surface area contributed by atoms with Crippen molar-refractivity contribution in [3.05, 3.63) is 36.0 Å². The van der Waals surface area contributed by atoms with Gasteiger partial charge < -0.3 is 42.6 Å². The average Bonchev–Trinajstić information content (AvgIpc) is 3.18. The molecule has 0 aliphatic carbocycles. The predicted octanol–water partition coefficient (Wildman–Crippen LogP) is -2.15. The van der Waals surface area contributed by atoms with E-state index in [-0.39, 0.29) is 6.42 Å². The van der Waals surface area contributed by atoms with E-state index in [2.05, 4.69) is 20.9 Å². The molecular formula is C22H30N6O7. The number of aromatic nitrogens is 1. The number of carboxylic acids is 1. The molecule has 4 amide bonds. The summed E-state index contributed by atoms with van der Waals surface area (Å²) in [5, 5.41) is 26.5. The monoisotopic (exact) mass is 490 g/mol. The van der Waals surface area contributed by atoms with Gasteiger partial charge in [-0.15, -0.1) is 0 Å². The number of aromatic amines is 1. The van der Waals surface area contributed by atoms with Crippen LogP contribution in [0, 0.1) is 0 Å². The van der Waals surface area contributed by atoms with E-state index in [0.717, 1.165) is 10.9 Å². The van der Waals surface area contributed by atoms with Gasteiger partial charge in [0.15, 0.2) is 6.04 Å². The molecule has 190 valence electrons. The fourth-order valence-electron chi connectivity index (χ4n) is 3.36. The van der Waals surface area contributed by atoms with Crippen molar-refractivity contribution in [1.29, 1.82) is 0 Å². The molecule has 35 heavy (non-hydrogen) atoms. The number of fused-ring (bicyclic) bond motifs is 1. The van der Waals surface area contributed by atoms with Crippen molar-refractivity contribution in [2.75, 3.05) is 0 Å². The summed E-state index contributed by atoms with van der Waals surface area (Å²) in [6.45, 7) is 2.52.